The molecule has 0 aromatic heterocycles. The minimum absolute atomic E-state index is 0. The van der Waals surface area contributed by atoms with E-state index >= 15 is 0 Å². The third-order valence-corrected chi connectivity index (χ3v) is 12.8. The fraction of sp³-hybridized carbons (Fsp3) is 0.140. The molecule has 0 bridgehead atoms. The Hall–Kier alpha value is -9.50. The van der Waals surface area contributed by atoms with Gasteiger partial charge in [0.15, 0.2) is 5.36 Å². The highest BCUT2D eigenvalue weighted by Crippen LogP contribution is 2.46. The van der Waals surface area contributed by atoms with Crippen molar-refractivity contribution in [1.29, 1.82) is 0 Å². The number of carboxylic acid groups (broad SMARTS) is 4. The van der Waals surface area contributed by atoms with Crippen LogP contribution in [0, 0.1) is 6.92 Å². The maximum atomic E-state index is 12.5. The molecule has 80 heavy (non-hydrogen) atoms. The number of carboxylic acids is 4. The number of aliphatic carboxylic acids is 4. The van der Waals surface area contributed by atoms with E-state index in [0.29, 0.717) is 50.0 Å². The lowest BCUT2D eigenvalue weighted by atomic mass is 9.91. The van der Waals surface area contributed by atoms with Gasteiger partial charge in [-0.2, -0.15) is 0 Å². The normalized spacial score (nSPS) is 10.8. The maximum Gasteiger partial charge on any atom is 0.338 e. The summed E-state index contributed by atoms with van der Waals surface area (Å²) in [6, 6.07) is 32.9. The Labute approximate surface area is 469 Å². The van der Waals surface area contributed by atoms with Crippen LogP contribution in [0.15, 0.2) is 135 Å². The van der Waals surface area contributed by atoms with Crippen molar-refractivity contribution in [2.45, 2.75) is 6.92 Å². The van der Waals surface area contributed by atoms with Crippen LogP contribution in [-0.4, -0.2) is 102 Å². The number of nitrogens with two attached hydrogens (primary N) is 2. The lowest BCUT2D eigenvalue weighted by Gasteiger charge is -2.25. The molecule has 5 aromatic rings. The number of benzene rings is 7. The number of anilines is 3. The first-order valence-corrected chi connectivity index (χ1v) is 24.4. The number of aryl methyl sites for hydroxylation is 1. The molecule has 0 radical (unpaired) electrons. The van der Waals surface area contributed by atoms with E-state index in [0.717, 1.165) is 37.4 Å². The number of carbonyl (C=O) groups excluding carboxylic acids is 1. The molecule has 412 valence electrons. The van der Waals surface area contributed by atoms with Crippen molar-refractivity contribution in [3.05, 3.63) is 158 Å². The zero-order chi connectivity index (χ0) is 56.8. The number of aromatic hydroxyl groups is 1. The van der Waals surface area contributed by atoms with Crippen molar-refractivity contribution in [1.82, 2.24) is 0 Å². The average molecular weight is 1150 g/mol. The number of nitrogen functional groups attached to an aromatic ring is 1. The summed E-state index contributed by atoms with van der Waals surface area (Å²) in [5.41, 5.74) is 12.0. The number of hydrogen-bond acceptors (Lipinski definition) is 15. The van der Waals surface area contributed by atoms with E-state index < -0.39 is 61.5 Å². The first-order valence-electron chi connectivity index (χ1n) is 23.7. The lowest BCUT2D eigenvalue weighted by molar-refractivity contribution is -0.172. The molecule has 9 rings (SSSR count). The van der Waals surface area contributed by atoms with Crippen LogP contribution in [-0.2, 0) is 23.9 Å². The second kappa shape index (κ2) is 24.9. The Morgan fingerprint density at radius 2 is 1.19 bits per heavy atom. The molecule has 5 aromatic carbocycles. The number of rotatable bonds is 18. The molecule has 2 heterocycles. The smallest absolute Gasteiger partial charge is 0.338 e. The summed E-state index contributed by atoms with van der Waals surface area (Å²) >= 11 is 12.5. The van der Waals surface area contributed by atoms with Crippen molar-refractivity contribution in [3.63, 3.8) is 0 Å². The Morgan fingerprint density at radius 1 is 0.613 bits per heavy atom. The Kier molecular flexibility index (Phi) is 18.1. The maximum absolute atomic E-state index is 12.5. The molecule has 4 aliphatic rings. The van der Waals surface area contributed by atoms with E-state index in [-0.39, 0.29) is 75.6 Å². The van der Waals surface area contributed by atoms with Gasteiger partial charge in [-0.1, -0.05) is 53.5 Å². The molecule has 0 atom stereocenters. The molecule has 20 nitrogen and oxygen atoms in total. The highest BCUT2D eigenvalue weighted by atomic mass is 35.5. The van der Waals surface area contributed by atoms with Crippen LogP contribution in [0.25, 0.3) is 66.8 Å². The van der Waals surface area contributed by atoms with Crippen molar-refractivity contribution < 1.29 is 90.4 Å². The number of methoxy groups -OCH3 is 1. The third kappa shape index (κ3) is 13.1. The summed E-state index contributed by atoms with van der Waals surface area (Å²) in [4.78, 5) is 73.5. The Morgan fingerprint density at radius 3 is 1.80 bits per heavy atom. The monoisotopic (exact) mass is 1150 g/mol. The van der Waals surface area contributed by atoms with Gasteiger partial charge in [-0.15, -0.1) is 0 Å². The molecule has 0 saturated heterocycles. The molecular weight excluding hydrogens is 1100 g/mol. The lowest BCUT2D eigenvalue weighted by Crippen LogP contribution is -3.00. The van der Waals surface area contributed by atoms with Crippen LogP contribution >= 0.6 is 23.2 Å². The predicted molar refractivity (Wildman–Crippen MR) is 292 cm³/mol. The molecule has 0 spiro atoms. The number of nitrogens with zero attached hydrogens (tertiary/aromatic N) is 2. The van der Waals surface area contributed by atoms with E-state index in [4.69, 9.17) is 57.4 Å². The van der Waals surface area contributed by atoms with Crippen LogP contribution in [0.5, 0.6) is 17.2 Å². The number of carbonyl (C=O) groups is 5. The summed E-state index contributed by atoms with van der Waals surface area (Å²) in [6.45, 7) is -1.30. The van der Waals surface area contributed by atoms with Crippen LogP contribution in [0.2, 0.25) is 10.0 Å². The first-order chi connectivity index (χ1) is 37.7. The van der Waals surface area contributed by atoms with Gasteiger partial charge >= 0.3 is 29.8 Å². The van der Waals surface area contributed by atoms with Gasteiger partial charge in [-0.25, -0.2) is 4.79 Å². The topological polar surface area (TPSA) is 316 Å². The van der Waals surface area contributed by atoms with E-state index in [9.17, 15) is 54.3 Å². The fourth-order valence-electron chi connectivity index (χ4n) is 8.87. The van der Waals surface area contributed by atoms with Gasteiger partial charge in [-0.3, -0.25) is 29.4 Å². The fourth-order valence-corrected chi connectivity index (χ4v) is 9.20. The van der Waals surface area contributed by atoms with Crippen molar-refractivity contribution >= 4 is 92.0 Å². The number of halogens is 3. The van der Waals surface area contributed by atoms with E-state index in [2.05, 4.69) is 0 Å². The highest BCUT2D eigenvalue weighted by Gasteiger charge is 2.26. The number of esters is 1. The van der Waals surface area contributed by atoms with Gasteiger partial charge in [-0.05, 0) is 84.3 Å². The van der Waals surface area contributed by atoms with Crippen molar-refractivity contribution in [2.24, 2.45) is 0 Å². The molecule has 9 N–H and O–H groups in total. The SMILES string of the molecule is COC(=O)c1ccccc1-c1c2ccc(=[NH2+])cc-2oc2cc(N)ccc12.Cc1ccc(N(CC(=O)O)CC(=O)O)c(OCCOc2cc(-c3c4cc(Cl)c(=O)cc-4oc4cc(O)c(Cl)cc34)ccc2N(CC(=O)O)CC(=O)O)c1.[Cl-]. The summed E-state index contributed by atoms with van der Waals surface area (Å²) in [5, 5.41) is 55.9. The zero-order valence-corrected chi connectivity index (χ0v) is 44.5. The van der Waals surface area contributed by atoms with E-state index in [1.165, 1.54) is 49.6 Å². The quantitative estimate of drug-likeness (QED) is 0.0269. The number of fused-ring (bicyclic) bond motifs is 4. The van der Waals surface area contributed by atoms with Gasteiger partial charge in [0.1, 0.15) is 79.3 Å². The third-order valence-electron chi connectivity index (χ3n) is 12.2. The minimum Gasteiger partial charge on any atom is -1.00 e. The molecule has 0 unspecified atom stereocenters. The number of phenolic OH excluding ortho intramolecular Hbond substituents is 1. The van der Waals surface area contributed by atoms with Gasteiger partial charge in [0.2, 0.25) is 5.43 Å². The van der Waals surface area contributed by atoms with Gasteiger partial charge < -0.3 is 76.5 Å². The number of hydrogen-bond donors (Lipinski definition) is 7. The Bertz CT molecular complexity index is 3910. The highest BCUT2D eigenvalue weighted by molar-refractivity contribution is 6.33. The summed E-state index contributed by atoms with van der Waals surface area (Å²) in [7, 11) is 1.37. The largest absolute Gasteiger partial charge is 1.00 e. The second-order valence-corrected chi connectivity index (χ2v) is 18.5. The van der Waals surface area contributed by atoms with E-state index in [1.54, 1.807) is 43.3 Å². The summed E-state index contributed by atoms with van der Waals surface area (Å²) in [5.74, 6) is -4.90. The molecule has 2 aliphatic heterocycles. The summed E-state index contributed by atoms with van der Waals surface area (Å²) < 4.78 is 29.0. The minimum atomic E-state index is -1.32. The van der Waals surface area contributed by atoms with Gasteiger partial charge in [0, 0.05) is 63.0 Å². The van der Waals surface area contributed by atoms with Crippen molar-refractivity contribution in [2.75, 3.05) is 62.0 Å². The first kappa shape index (κ1) is 58.2. The van der Waals surface area contributed by atoms with Gasteiger partial charge in [0.25, 0.3) is 0 Å². The predicted octanol–water partition coefficient (Wildman–Crippen LogP) is 4.53. The van der Waals surface area contributed by atoms with Gasteiger partial charge in [0.05, 0.1) is 40.2 Å². The molecule has 2 aliphatic carbocycles. The zero-order valence-electron chi connectivity index (χ0n) is 42.2. The Balaban J connectivity index is 0.000000285. The molecule has 0 fully saturated rings. The molecule has 0 amide bonds. The van der Waals surface area contributed by atoms with Crippen LogP contribution in [0.1, 0.15) is 15.9 Å². The number of phenols is 1. The second-order valence-electron chi connectivity index (χ2n) is 17.7. The molecular formula is C57H47Cl3N4O16. The standard InChI is InChI=1S/C36H30Cl2N2O13.C21H16N2O3.ClH/c1-18-2-4-24(39(14-32(43)44)15-33(45)46)30(8-18)51-6-7-52-31-9-19(3-5-25(31)40(16-34(47)48)17-35(49)50)36-20-10-22(37)26(41)12-28(20)53-29-13-27(42)23(38)11-21(29)36;1-25-21(24)15-5-3-2-4-14(15)20-16-8-6-12(22)10-18(16)26-19-11-13(23)7-9-17(19)20;/h2-5,8-13,41H,6-7,14-17H2,1H3,(H,43,44)(H,45,46)(H,47,48)(H,49,50);2-11,22H,23H2,1H3;1H. The van der Waals surface area contributed by atoms with Crippen LogP contribution < -0.4 is 53.6 Å². The van der Waals surface area contributed by atoms with Crippen molar-refractivity contribution in [3.8, 4) is 62.1 Å². The van der Waals surface area contributed by atoms with Crippen LogP contribution in [0.4, 0.5) is 17.1 Å². The summed E-state index contributed by atoms with van der Waals surface area (Å²) in [6.07, 6.45) is 0. The van der Waals surface area contributed by atoms with Crippen LogP contribution in [0.3, 0.4) is 0 Å². The van der Waals surface area contributed by atoms with E-state index in [1.807, 2.05) is 42.5 Å². The molecule has 0 saturated carbocycles. The average Bonchev–Trinajstić information content (AvgIpc) is 3.50. The number of ether oxygens (including phenoxy) is 3. The molecule has 23 heteroatoms.